The Labute approximate surface area is 139 Å². The highest BCUT2D eigenvalue weighted by atomic mass is 35.5. The van der Waals surface area contributed by atoms with E-state index in [1.165, 1.54) is 11.1 Å². The van der Waals surface area contributed by atoms with E-state index in [2.05, 4.69) is 22.4 Å². The van der Waals surface area contributed by atoms with Crippen molar-refractivity contribution in [2.45, 2.75) is 12.2 Å². The molecule has 0 bridgehead atoms. The average molecular weight is 333 g/mol. The van der Waals surface area contributed by atoms with Crippen molar-refractivity contribution in [2.24, 2.45) is 4.99 Å². The fourth-order valence-corrected chi connectivity index (χ4v) is 3.82. The van der Waals surface area contributed by atoms with E-state index in [1.54, 1.807) is 18.9 Å². The van der Waals surface area contributed by atoms with Gasteiger partial charge >= 0.3 is 0 Å². The molecule has 0 spiro atoms. The quantitative estimate of drug-likeness (QED) is 0.861. The number of nitrogens with zero attached hydrogens (tertiary/aromatic N) is 1. The molecule has 1 N–H and O–H groups in total. The first-order valence-electron chi connectivity index (χ1n) is 7.12. The summed E-state index contributed by atoms with van der Waals surface area (Å²) in [6.07, 6.45) is 0. The smallest absolute Gasteiger partial charge is 0.161 e. The van der Waals surface area contributed by atoms with Crippen molar-refractivity contribution >= 4 is 34.2 Å². The van der Waals surface area contributed by atoms with Gasteiger partial charge in [0.05, 0.1) is 12.4 Å². The summed E-state index contributed by atoms with van der Waals surface area (Å²) >= 11 is 7.90. The van der Waals surface area contributed by atoms with Crippen LogP contribution >= 0.6 is 23.4 Å². The monoisotopic (exact) mass is 332 g/mol. The molecule has 1 aliphatic heterocycles. The number of aliphatic imine (C=N–C) groups is 1. The van der Waals surface area contributed by atoms with Gasteiger partial charge in [-0.3, -0.25) is 4.99 Å². The lowest BCUT2D eigenvalue weighted by molar-refractivity contribution is 0.414. The highest BCUT2D eigenvalue weighted by Crippen LogP contribution is 2.45. The van der Waals surface area contributed by atoms with Crippen LogP contribution in [0.2, 0.25) is 5.02 Å². The summed E-state index contributed by atoms with van der Waals surface area (Å²) in [6.45, 7) is 2.79. The van der Waals surface area contributed by atoms with Gasteiger partial charge in [-0.2, -0.15) is 0 Å². The van der Waals surface area contributed by atoms with E-state index in [1.807, 2.05) is 37.3 Å². The Morgan fingerprint density at radius 2 is 2.00 bits per heavy atom. The fraction of sp³-hybridized carbons (Fsp3) is 0.235. The first kappa shape index (κ1) is 15.3. The highest BCUT2D eigenvalue weighted by molar-refractivity contribution is 8.14. The number of anilines is 1. The number of hydrogen-bond donors (Lipinski definition) is 1. The third-order valence-electron chi connectivity index (χ3n) is 3.49. The molecule has 1 unspecified atom stereocenters. The van der Waals surface area contributed by atoms with Crippen molar-refractivity contribution in [3.63, 3.8) is 0 Å². The minimum Gasteiger partial charge on any atom is -0.497 e. The molecular formula is C17H17ClN2OS. The second-order valence-electron chi connectivity index (χ2n) is 4.91. The topological polar surface area (TPSA) is 33.6 Å². The summed E-state index contributed by atoms with van der Waals surface area (Å²) in [5.41, 5.74) is 3.45. The van der Waals surface area contributed by atoms with Gasteiger partial charge in [-0.1, -0.05) is 35.5 Å². The predicted molar refractivity (Wildman–Crippen MR) is 95.5 cm³/mol. The van der Waals surface area contributed by atoms with E-state index in [0.717, 1.165) is 28.2 Å². The van der Waals surface area contributed by atoms with E-state index in [9.17, 15) is 0 Å². The highest BCUT2D eigenvalue weighted by Gasteiger charge is 2.26. The Balaban J connectivity index is 2.04. The molecule has 0 saturated carbocycles. The van der Waals surface area contributed by atoms with E-state index in [-0.39, 0.29) is 5.25 Å². The molecule has 114 valence electrons. The minimum atomic E-state index is 0.172. The lowest BCUT2D eigenvalue weighted by Crippen LogP contribution is -2.19. The molecule has 3 nitrogen and oxygen atoms in total. The molecule has 1 atom stereocenters. The number of hydrogen-bond acceptors (Lipinski definition) is 3. The predicted octanol–water partition coefficient (Wildman–Crippen LogP) is 4.97. The average Bonchev–Trinajstić information content (AvgIpc) is 2.55. The summed E-state index contributed by atoms with van der Waals surface area (Å²) < 4.78 is 5.24. The standard InChI is InChI=1S/C17H17ClN2OS/c1-3-19-17-20-15-9-6-12(18)10-14(15)16(22-17)11-4-7-13(21-2)8-5-11/h4-10,16H,3H2,1-2H3,(H,19,20). The van der Waals surface area contributed by atoms with E-state index >= 15 is 0 Å². The Morgan fingerprint density at radius 3 is 2.68 bits per heavy atom. The molecule has 2 aromatic carbocycles. The van der Waals surface area contributed by atoms with Crippen molar-refractivity contribution in [1.82, 2.24) is 0 Å². The van der Waals surface area contributed by atoms with Crippen LogP contribution in [0.4, 0.5) is 5.69 Å². The summed E-state index contributed by atoms with van der Waals surface area (Å²) in [4.78, 5) is 4.53. The van der Waals surface area contributed by atoms with Crippen LogP contribution in [0.1, 0.15) is 23.3 Å². The van der Waals surface area contributed by atoms with Crippen LogP contribution in [0, 0.1) is 0 Å². The van der Waals surface area contributed by atoms with Gasteiger partial charge in [-0.15, -0.1) is 0 Å². The van der Waals surface area contributed by atoms with Crippen molar-refractivity contribution in [1.29, 1.82) is 0 Å². The Kier molecular flexibility index (Phi) is 4.60. The molecule has 2 aromatic rings. The first-order valence-corrected chi connectivity index (χ1v) is 8.38. The van der Waals surface area contributed by atoms with Crippen LogP contribution in [-0.2, 0) is 0 Å². The van der Waals surface area contributed by atoms with Gasteiger partial charge < -0.3 is 10.1 Å². The first-order chi connectivity index (χ1) is 10.7. The molecule has 0 aliphatic carbocycles. The molecule has 1 heterocycles. The summed E-state index contributed by atoms with van der Waals surface area (Å²) in [5, 5.41) is 5.24. The number of ether oxygens (including phenoxy) is 1. The van der Waals surface area contributed by atoms with Crippen molar-refractivity contribution in [2.75, 3.05) is 19.0 Å². The van der Waals surface area contributed by atoms with Crippen LogP contribution in [0.3, 0.4) is 0 Å². The van der Waals surface area contributed by atoms with Gasteiger partial charge in [0.2, 0.25) is 0 Å². The zero-order chi connectivity index (χ0) is 15.5. The third-order valence-corrected chi connectivity index (χ3v) is 4.94. The number of thioether (sulfide) groups is 1. The van der Waals surface area contributed by atoms with Crippen molar-refractivity contribution in [3.05, 3.63) is 58.6 Å². The zero-order valence-corrected chi connectivity index (χ0v) is 14.0. The molecule has 22 heavy (non-hydrogen) atoms. The Hall–Kier alpha value is -1.65. The number of methoxy groups -OCH3 is 1. The minimum absolute atomic E-state index is 0.172. The number of nitrogens with one attached hydrogen (secondary N) is 1. The van der Waals surface area contributed by atoms with Crippen molar-refractivity contribution < 1.29 is 4.74 Å². The fourth-order valence-electron chi connectivity index (χ4n) is 2.43. The van der Waals surface area contributed by atoms with Gasteiger partial charge in [-0.25, -0.2) is 0 Å². The maximum Gasteiger partial charge on any atom is 0.161 e. The third kappa shape index (κ3) is 3.08. The van der Waals surface area contributed by atoms with Crippen LogP contribution < -0.4 is 10.1 Å². The normalized spacial score (nSPS) is 18.7. The number of fused-ring (bicyclic) bond motifs is 1. The molecule has 0 amide bonds. The Bertz CT molecular complexity index is 700. The molecule has 1 aliphatic rings. The van der Waals surface area contributed by atoms with Gasteiger partial charge in [0.1, 0.15) is 5.75 Å². The van der Waals surface area contributed by atoms with E-state index in [0.29, 0.717) is 0 Å². The number of amidine groups is 1. The maximum absolute atomic E-state index is 6.19. The molecular weight excluding hydrogens is 316 g/mol. The summed E-state index contributed by atoms with van der Waals surface area (Å²) in [5.74, 6) is 0.858. The Morgan fingerprint density at radius 1 is 1.23 bits per heavy atom. The van der Waals surface area contributed by atoms with Crippen molar-refractivity contribution in [3.8, 4) is 5.75 Å². The summed E-state index contributed by atoms with van der Waals surface area (Å²) in [6, 6.07) is 14.1. The van der Waals surface area contributed by atoms with Gasteiger partial charge in [-0.05, 0) is 48.4 Å². The number of rotatable bonds is 3. The molecule has 5 heteroatoms. The molecule has 0 aromatic heterocycles. The zero-order valence-electron chi connectivity index (χ0n) is 12.5. The second kappa shape index (κ2) is 6.63. The van der Waals surface area contributed by atoms with Gasteiger partial charge in [0.25, 0.3) is 0 Å². The van der Waals surface area contributed by atoms with Crippen LogP contribution in [-0.4, -0.2) is 18.8 Å². The number of benzene rings is 2. The summed E-state index contributed by atoms with van der Waals surface area (Å²) in [7, 11) is 1.68. The maximum atomic E-state index is 6.19. The molecule has 0 saturated heterocycles. The molecule has 3 rings (SSSR count). The van der Waals surface area contributed by atoms with Gasteiger partial charge in [0.15, 0.2) is 5.17 Å². The SMILES string of the molecule is CCN=C1Nc2ccc(Cl)cc2C(c2ccc(OC)cc2)S1. The largest absolute Gasteiger partial charge is 0.497 e. The van der Waals surface area contributed by atoms with E-state index in [4.69, 9.17) is 16.3 Å². The lowest BCUT2D eigenvalue weighted by atomic mass is 10.0. The molecule has 0 fully saturated rings. The van der Waals surface area contributed by atoms with Crippen LogP contribution in [0.25, 0.3) is 0 Å². The van der Waals surface area contributed by atoms with Gasteiger partial charge in [0, 0.05) is 17.3 Å². The number of halogens is 1. The van der Waals surface area contributed by atoms with Crippen LogP contribution in [0.5, 0.6) is 5.75 Å². The second-order valence-corrected chi connectivity index (χ2v) is 6.44. The lowest BCUT2D eigenvalue weighted by Gasteiger charge is -2.28. The van der Waals surface area contributed by atoms with E-state index < -0.39 is 0 Å². The van der Waals surface area contributed by atoms with Crippen LogP contribution in [0.15, 0.2) is 47.5 Å². The molecule has 0 radical (unpaired) electrons.